The average Bonchev–Trinajstić information content (AvgIpc) is 2.83. The number of carboxylic acid groups (broad SMARTS) is 1. The van der Waals surface area contributed by atoms with Crippen LogP contribution in [0.1, 0.15) is 16.4 Å². The minimum atomic E-state index is -1.15. The molecule has 0 atom stereocenters. The lowest BCUT2D eigenvalue weighted by atomic mass is 10.1. The molecule has 0 aliphatic rings. The molecule has 0 radical (unpaired) electrons. The Hall–Kier alpha value is -2.34. The molecule has 1 heterocycles. The Labute approximate surface area is 103 Å². The van der Waals surface area contributed by atoms with Crippen LogP contribution >= 0.6 is 0 Å². The molecular weight excluding hydrogens is 236 g/mol. The third-order valence-electron chi connectivity index (χ3n) is 2.40. The van der Waals surface area contributed by atoms with E-state index in [-0.39, 0.29) is 23.9 Å². The molecule has 0 fully saturated rings. The number of nitrogens with two attached hydrogens (primary N) is 1. The van der Waals surface area contributed by atoms with Gasteiger partial charge in [0.2, 0.25) is 5.89 Å². The maximum absolute atomic E-state index is 11.1. The molecule has 6 nitrogen and oxygen atoms in total. The lowest BCUT2D eigenvalue weighted by molar-refractivity contribution is 0.0691. The second kappa shape index (κ2) is 4.89. The molecule has 0 amide bonds. The number of carbonyl (C=O) groups is 1. The summed E-state index contributed by atoms with van der Waals surface area (Å²) >= 11 is 0. The minimum Gasteiger partial charge on any atom is -0.497 e. The van der Waals surface area contributed by atoms with Crippen LogP contribution in [0, 0.1) is 0 Å². The largest absolute Gasteiger partial charge is 0.497 e. The number of carboxylic acids is 1. The zero-order valence-electron chi connectivity index (χ0n) is 9.71. The monoisotopic (exact) mass is 248 g/mol. The maximum atomic E-state index is 11.1. The fraction of sp³-hybridized carbons (Fsp3) is 0.167. The lowest BCUT2D eigenvalue weighted by Gasteiger charge is -2.01. The Morgan fingerprint density at radius 3 is 2.61 bits per heavy atom. The molecule has 1 aromatic carbocycles. The molecule has 18 heavy (non-hydrogen) atoms. The van der Waals surface area contributed by atoms with E-state index in [9.17, 15) is 4.79 Å². The van der Waals surface area contributed by atoms with Crippen molar-refractivity contribution in [3.05, 3.63) is 35.9 Å². The van der Waals surface area contributed by atoms with Crippen LogP contribution in [0.15, 0.2) is 28.7 Å². The van der Waals surface area contributed by atoms with Crippen LogP contribution in [0.4, 0.5) is 0 Å². The number of oxazole rings is 1. The van der Waals surface area contributed by atoms with Gasteiger partial charge in [-0.05, 0) is 24.3 Å². The van der Waals surface area contributed by atoms with Gasteiger partial charge in [-0.25, -0.2) is 9.78 Å². The summed E-state index contributed by atoms with van der Waals surface area (Å²) in [7, 11) is 1.55. The number of aromatic carboxylic acids is 1. The van der Waals surface area contributed by atoms with E-state index in [4.69, 9.17) is 20.0 Å². The second-order valence-electron chi connectivity index (χ2n) is 3.52. The van der Waals surface area contributed by atoms with Crippen molar-refractivity contribution >= 4 is 5.97 Å². The summed E-state index contributed by atoms with van der Waals surface area (Å²) in [6.45, 7) is 0.0520. The number of rotatable bonds is 4. The van der Waals surface area contributed by atoms with Gasteiger partial charge in [0.05, 0.1) is 13.7 Å². The quantitative estimate of drug-likeness (QED) is 0.850. The minimum absolute atomic E-state index is 0.0520. The van der Waals surface area contributed by atoms with Crippen molar-refractivity contribution in [1.82, 2.24) is 4.98 Å². The summed E-state index contributed by atoms with van der Waals surface area (Å²) in [4.78, 5) is 14.9. The van der Waals surface area contributed by atoms with Crippen molar-refractivity contribution in [1.29, 1.82) is 0 Å². The van der Waals surface area contributed by atoms with Gasteiger partial charge in [0, 0.05) is 5.56 Å². The highest BCUT2D eigenvalue weighted by Gasteiger charge is 2.20. The van der Waals surface area contributed by atoms with Crippen LogP contribution in [0.3, 0.4) is 0 Å². The number of hydrogen-bond acceptors (Lipinski definition) is 5. The third-order valence-corrected chi connectivity index (χ3v) is 2.40. The van der Waals surface area contributed by atoms with E-state index < -0.39 is 5.97 Å². The molecule has 6 heteroatoms. The van der Waals surface area contributed by atoms with E-state index in [0.29, 0.717) is 11.3 Å². The van der Waals surface area contributed by atoms with Crippen molar-refractivity contribution in [2.75, 3.05) is 7.11 Å². The Morgan fingerprint density at radius 1 is 1.44 bits per heavy atom. The van der Waals surface area contributed by atoms with Gasteiger partial charge in [0.15, 0.2) is 11.5 Å². The van der Waals surface area contributed by atoms with Crippen LogP contribution in [0.2, 0.25) is 0 Å². The second-order valence-corrected chi connectivity index (χ2v) is 3.52. The zero-order chi connectivity index (χ0) is 13.1. The lowest BCUT2D eigenvalue weighted by Crippen LogP contribution is -2.01. The Balaban J connectivity index is 2.47. The van der Waals surface area contributed by atoms with Crippen LogP contribution in [0.5, 0.6) is 5.75 Å². The number of benzene rings is 1. The maximum Gasteiger partial charge on any atom is 0.358 e. The van der Waals surface area contributed by atoms with Crippen LogP contribution in [-0.4, -0.2) is 23.2 Å². The first-order valence-electron chi connectivity index (χ1n) is 5.23. The first kappa shape index (κ1) is 12.1. The molecule has 0 saturated heterocycles. The summed E-state index contributed by atoms with van der Waals surface area (Å²) in [5.74, 6) is -0.0812. The van der Waals surface area contributed by atoms with Gasteiger partial charge in [0.1, 0.15) is 5.75 Å². The summed E-state index contributed by atoms with van der Waals surface area (Å²) < 4.78 is 10.4. The van der Waals surface area contributed by atoms with Gasteiger partial charge >= 0.3 is 5.97 Å². The molecule has 2 aromatic rings. The Kier molecular flexibility index (Phi) is 3.29. The molecule has 2 rings (SSSR count). The normalized spacial score (nSPS) is 10.3. The van der Waals surface area contributed by atoms with E-state index in [0.717, 1.165) is 0 Å². The zero-order valence-corrected chi connectivity index (χ0v) is 9.71. The molecule has 0 saturated carbocycles. The average molecular weight is 248 g/mol. The standard InChI is InChI=1S/C12H12N2O4/c1-17-8-4-2-7(3-5-8)11-10(12(15)16)14-9(6-13)18-11/h2-5H,6,13H2,1H3,(H,15,16). The number of ether oxygens (including phenoxy) is 1. The number of hydrogen-bond donors (Lipinski definition) is 2. The van der Waals surface area contributed by atoms with E-state index in [1.807, 2.05) is 0 Å². The first-order valence-corrected chi connectivity index (χ1v) is 5.23. The highest BCUT2D eigenvalue weighted by molar-refractivity contribution is 5.92. The predicted octanol–water partition coefficient (Wildman–Crippen LogP) is 1.51. The van der Waals surface area contributed by atoms with Gasteiger partial charge in [-0.2, -0.15) is 0 Å². The molecule has 0 bridgehead atoms. The fourth-order valence-corrected chi connectivity index (χ4v) is 1.53. The Morgan fingerprint density at radius 2 is 2.11 bits per heavy atom. The number of nitrogens with zero attached hydrogens (tertiary/aromatic N) is 1. The molecule has 3 N–H and O–H groups in total. The van der Waals surface area contributed by atoms with E-state index >= 15 is 0 Å². The first-order chi connectivity index (χ1) is 8.65. The Bertz CT molecular complexity index is 560. The van der Waals surface area contributed by atoms with E-state index in [1.165, 1.54) is 0 Å². The summed E-state index contributed by atoms with van der Waals surface area (Å²) in [6, 6.07) is 6.83. The van der Waals surface area contributed by atoms with E-state index in [1.54, 1.807) is 31.4 Å². The third kappa shape index (κ3) is 2.18. The van der Waals surface area contributed by atoms with Crippen molar-refractivity contribution < 1.29 is 19.1 Å². The summed E-state index contributed by atoms with van der Waals surface area (Å²) in [5.41, 5.74) is 5.86. The summed E-state index contributed by atoms with van der Waals surface area (Å²) in [5, 5.41) is 9.05. The number of methoxy groups -OCH3 is 1. The molecule has 1 aromatic heterocycles. The highest BCUT2D eigenvalue weighted by Crippen LogP contribution is 2.26. The van der Waals surface area contributed by atoms with Crippen LogP contribution < -0.4 is 10.5 Å². The van der Waals surface area contributed by atoms with Gasteiger partial charge < -0.3 is 20.0 Å². The topological polar surface area (TPSA) is 98.6 Å². The van der Waals surface area contributed by atoms with Crippen molar-refractivity contribution in [2.45, 2.75) is 6.54 Å². The molecule has 0 unspecified atom stereocenters. The molecule has 0 spiro atoms. The molecule has 94 valence electrons. The fourth-order valence-electron chi connectivity index (χ4n) is 1.53. The van der Waals surface area contributed by atoms with Crippen LogP contribution in [-0.2, 0) is 6.54 Å². The van der Waals surface area contributed by atoms with Crippen molar-refractivity contribution in [2.24, 2.45) is 5.73 Å². The highest BCUT2D eigenvalue weighted by atomic mass is 16.5. The van der Waals surface area contributed by atoms with Gasteiger partial charge in [-0.15, -0.1) is 0 Å². The van der Waals surface area contributed by atoms with Crippen molar-refractivity contribution in [3.63, 3.8) is 0 Å². The van der Waals surface area contributed by atoms with Gasteiger partial charge in [0.25, 0.3) is 0 Å². The van der Waals surface area contributed by atoms with E-state index in [2.05, 4.69) is 4.98 Å². The van der Waals surface area contributed by atoms with Gasteiger partial charge in [-0.3, -0.25) is 0 Å². The summed E-state index contributed by atoms with van der Waals surface area (Å²) in [6.07, 6.45) is 0. The predicted molar refractivity (Wildman–Crippen MR) is 63.3 cm³/mol. The smallest absolute Gasteiger partial charge is 0.358 e. The van der Waals surface area contributed by atoms with Crippen molar-refractivity contribution in [3.8, 4) is 17.1 Å². The molecule has 0 aliphatic heterocycles. The van der Waals surface area contributed by atoms with Gasteiger partial charge in [-0.1, -0.05) is 0 Å². The SMILES string of the molecule is COc1ccc(-c2oc(CN)nc2C(=O)O)cc1. The molecular formula is C12H12N2O4. The van der Waals surface area contributed by atoms with Crippen LogP contribution in [0.25, 0.3) is 11.3 Å². The molecule has 0 aliphatic carbocycles. The number of aromatic nitrogens is 1.